The first-order chi connectivity index (χ1) is 13.8. The number of thioether (sulfide) groups is 1. The Hall–Kier alpha value is -1.86. The van der Waals surface area contributed by atoms with Crippen molar-refractivity contribution in [1.82, 2.24) is 19.4 Å². The van der Waals surface area contributed by atoms with E-state index >= 15 is 0 Å². The van der Waals surface area contributed by atoms with Crippen molar-refractivity contribution in [1.29, 1.82) is 0 Å². The summed E-state index contributed by atoms with van der Waals surface area (Å²) in [4.78, 5) is 34.7. The van der Waals surface area contributed by atoms with E-state index in [-0.39, 0.29) is 11.5 Å². The van der Waals surface area contributed by atoms with E-state index in [0.29, 0.717) is 40.2 Å². The van der Waals surface area contributed by atoms with Crippen molar-refractivity contribution >= 4 is 28.6 Å². The minimum absolute atomic E-state index is 0.0236. The second-order valence-electron chi connectivity index (χ2n) is 8.56. The molecule has 1 fully saturated rings. The predicted octanol–water partition coefficient (Wildman–Crippen LogP) is 2.94. The molecule has 29 heavy (non-hydrogen) atoms. The van der Waals surface area contributed by atoms with Crippen LogP contribution in [0.2, 0.25) is 0 Å². The molecule has 158 valence electrons. The molecule has 1 aromatic carbocycles. The van der Waals surface area contributed by atoms with Crippen LogP contribution in [0.15, 0.2) is 34.2 Å². The maximum atomic E-state index is 13.1. The molecule has 0 saturated carbocycles. The number of hydrogen-bond donors (Lipinski definition) is 0. The molecule has 1 aromatic heterocycles. The van der Waals surface area contributed by atoms with Crippen molar-refractivity contribution in [2.24, 2.45) is 11.8 Å². The quantitative estimate of drug-likeness (QED) is 0.513. The highest BCUT2D eigenvalue weighted by Crippen LogP contribution is 2.23. The molecule has 0 spiro atoms. The molecule has 6 nitrogen and oxygen atoms in total. The number of para-hydroxylation sites is 1. The Morgan fingerprint density at radius 1 is 1.21 bits per heavy atom. The number of hydrogen-bond acceptors (Lipinski definition) is 5. The Balaban J connectivity index is 1.79. The SMILES string of the molecule is C[C@@H]1C[C@@H](C)CN(C(=O)CSc2nc3ccccc3c(=O)n2CCCN(C)C)C1. The maximum absolute atomic E-state index is 13.1. The Morgan fingerprint density at radius 2 is 1.90 bits per heavy atom. The van der Waals surface area contributed by atoms with E-state index in [1.807, 2.05) is 43.3 Å². The van der Waals surface area contributed by atoms with Gasteiger partial charge in [-0.3, -0.25) is 14.2 Å². The van der Waals surface area contributed by atoms with E-state index in [2.05, 4.69) is 18.7 Å². The van der Waals surface area contributed by atoms with E-state index in [1.54, 1.807) is 4.57 Å². The minimum atomic E-state index is -0.0236. The lowest BCUT2D eigenvalue weighted by atomic mass is 9.92. The highest BCUT2D eigenvalue weighted by Gasteiger charge is 2.25. The normalized spacial score (nSPS) is 19.8. The van der Waals surface area contributed by atoms with Gasteiger partial charge in [-0.05, 0) is 57.5 Å². The lowest BCUT2D eigenvalue weighted by Gasteiger charge is -2.35. The standard InChI is InChI=1S/C22H32N4O2S/c1-16-12-17(2)14-25(13-16)20(27)15-29-22-23-19-9-6-5-8-18(19)21(28)26(22)11-7-10-24(3)4/h5-6,8-9,16-17H,7,10-15H2,1-4H3/t16-,17-/m1/s1. The van der Waals surface area contributed by atoms with Gasteiger partial charge in [0.15, 0.2) is 5.16 Å². The van der Waals surface area contributed by atoms with E-state index < -0.39 is 0 Å². The maximum Gasteiger partial charge on any atom is 0.262 e. The van der Waals surface area contributed by atoms with Crippen LogP contribution in [0.25, 0.3) is 10.9 Å². The van der Waals surface area contributed by atoms with Crippen LogP contribution in [0.1, 0.15) is 26.7 Å². The lowest BCUT2D eigenvalue weighted by Crippen LogP contribution is -2.43. The summed E-state index contributed by atoms with van der Waals surface area (Å²) in [5.74, 6) is 1.53. The van der Waals surface area contributed by atoms with Crippen molar-refractivity contribution in [2.45, 2.75) is 38.4 Å². The average Bonchev–Trinajstić information content (AvgIpc) is 2.67. The molecule has 0 aliphatic carbocycles. The van der Waals surface area contributed by atoms with Gasteiger partial charge in [-0.1, -0.05) is 37.7 Å². The molecule has 1 saturated heterocycles. The Bertz CT molecular complexity index is 901. The summed E-state index contributed by atoms with van der Waals surface area (Å²) in [6, 6.07) is 7.44. The third-order valence-corrected chi connectivity index (χ3v) is 6.32. The van der Waals surface area contributed by atoms with Gasteiger partial charge in [0.05, 0.1) is 16.7 Å². The van der Waals surface area contributed by atoms with Crippen LogP contribution >= 0.6 is 11.8 Å². The lowest BCUT2D eigenvalue weighted by molar-refractivity contribution is -0.130. The number of aromatic nitrogens is 2. The average molecular weight is 417 g/mol. The zero-order chi connectivity index (χ0) is 21.0. The van der Waals surface area contributed by atoms with Crippen molar-refractivity contribution in [3.8, 4) is 0 Å². The van der Waals surface area contributed by atoms with Crippen LogP contribution in [0.3, 0.4) is 0 Å². The third-order valence-electron chi connectivity index (χ3n) is 5.36. The van der Waals surface area contributed by atoms with E-state index in [0.717, 1.165) is 26.1 Å². The van der Waals surface area contributed by atoms with Crippen LogP contribution in [-0.4, -0.2) is 64.7 Å². The summed E-state index contributed by atoms with van der Waals surface area (Å²) >= 11 is 1.39. The second kappa shape index (κ2) is 9.76. The minimum Gasteiger partial charge on any atom is -0.341 e. The zero-order valence-electron chi connectivity index (χ0n) is 17.9. The summed E-state index contributed by atoms with van der Waals surface area (Å²) in [6.45, 7) is 7.55. The molecular weight excluding hydrogens is 384 g/mol. The number of piperidine rings is 1. The number of benzene rings is 1. The molecule has 0 unspecified atom stereocenters. The molecule has 1 aliphatic rings. The van der Waals surface area contributed by atoms with Crippen LogP contribution in [-0.2, 0) is 11.3 Å². The number of nitrogens with zero attached hydrogens (tertiary/aromatic N) is 4. The summed E-state index contributed by atoms with van der Waals surface area (Å²) in [7, 11) is 4.05. The van der Waals surface area contributed by atoms with E-state index in [9.17, 15) is 9.59 Å². The van der Waals surface area contributed by atoms with Gasteiger partial charge in [-0.25, -0.2) is 4.98 Å². The monoisotopic (exact) mass is 416 g/mol. The first-order valence-corrected chi connectivity index (χ1v) is 11.4. The van der Waals surface area contributed by atoms with Gasteiger partial charge in [-0.15, -0.1) is 0 Å². The molecule has 0 bridgehead atoms. The molecule has 7 heteroatoms. The Morgan fingerprint density at radius 3 is 2.59 bits per heavy atom. The highest BCUT2D eigenvalue weighted by molar-refractivity contribution is 7.99. The molecule has 3 rings (SSSR count). The molecular formula is C22H32N4O2S. The number of carbonyl (C=O) groups is 1. The molecule has 0 N–H and O–H groups in total. The molecule has 2 aromatic rings. The van der Waals surface area contributed by atoms with Gasteiger partial charge < -0.3 is 9.80 Å². The van der Waals surface area contributed by atoms with Crippen molar-refractivity contribution in [2.75, 3.05) is 39.5 Å². The van der Waals surface area contributed by atoms with Gasteiger partial charge >= 0.3 is 0 Å². The molecule has 2 atom stereocenters. The smallest absolute Gasteiger partial charge is 0.262 e. The predicted molar refractivity (Wildman–Crippen MR) is 119 cm³/mol. The number of fused-ring (bicyclic) bond motifs is 1. The number of rotatable bonds is 7. The van der Waals surface area contributed by atoms with Gasteiger partial charge in [0, 0.05) is 19.6 Å². The van der Waals surface area contributed by atoms with Crippen LogP contribution < -0.4 is 5.56 Å². The highest BCUT2D eigenvalue weighted by atomic mass is 32.2. The Labute approximate surface area is 177 Å². The van der Waals surface area contributed by atoms with Crippen molar-refractivity contribution < 1.29 is 4.79 Å². The van der Waals surface area contributed by atoms with Gasteiger partial charge in [0.1, 0.15) is 0 Å². The molecule has 0 radical (unpaired) electrons. The van der Waals surface area contributed by atoms with Gasteiger partial charge in [0.25, 0.3) is 5.56 Å². The summed E-state index contributed by atoms with van der Waals surface area (Å²) < 4.78 is 1.74. The summed E-state index contributed by atoms with van der Waals surface area (Å²) in [5, 5.41) is 1.27. The fourth-order valence-electron chi connectivity index (χ4n) is 4.08. The van der Waals surface area contributed by atoms with Crippen molar-refractivity contribution in [3.05, 3.63) is 34.6 Å². The summed E-state index contributed by atoms with van der Waals surface area (Å²) in [6.07, 6.45) is 2.03. The first kappa shape index (κ1) is 21.8. The van der Waals surface area contributed by atoms with E-state index in [4.69, 9.17) is 4.98 Å². The van der Waals surface area contributed by atoms with Crippen LogP contribution in [0.4, 0.5) is 0 Å². The topological polar surface area (TPSA) is 58.4 Å². The first-order valence-electron chi connectivity index (χ1n) is 10.4. The largest absolute Gasteiger partial charge is 0.341 e. The van der Waals surface area contributed by atoms with Crippen LogP contribution in [0.5, 0.6) is 0 Å². The van der Waals surface area contributed by atoms with Gasteiger partial charge in [0.2, 0.25) is 5.91 Å². The number of carbonyl (C=O) groups excluding carboxylic acids is 1. The van der Waals surface area contributed by atoms with Crippen molar-refractivity contribution in [3.63, 3.8) is 0 Å². The second-order valence-corrected chi connectivity index (χ2v) is 9.50. The number of likely N-dealkylation sites (tertiary alicyclic amines) is 1. The zero-order valence-corrected chi connectivity index (χ0v) is 18.7. The third kappa shape index (κ3) is 5.60. The molecule has 1 aliphatic heterocycles. The van der Waals surface area contributed by atoms with Crippen LogP contribution in [0, 0.1) is 11.8 Å². The Kier molecular flexibility index (Phi) is 7.35. The summed E-state index contributed by atoms with van der Waals surface area (Å²) in [5.41, 5.74) is 0.668. The fraction of sp³-hybridized carbons (Fsp3) is 0.591. The number of amides is 1. The molecule has 2 heterocycles. The van der Waals surface area contributed by atoms with Gasteiger partial charge in [-0.2, -0.15) is 0 Å². The molecule has 1 amide bonds. The fourth-order valence-corrected chi connectivity index (χ4v) is 5.01. The van der Waals surface area contributed by atoms with E-state index in [1.165, 1.54) is 18.2 Å².